The van der Waals surface area contributed by atoms with E-state index in [4.69, 9.17) is 4.74 Å². The minimum absolute atomic E-state index is 0.0446. The fourth-order valence-corrected chi connectivity index (χ4v) is 3.81. The average molecular weight is 381 g/mol. The van der Waals surface area contributed by atoms with Gasteiger partial charge in [0.25, 0.3) is 5.91 Å². The molecule has 1 aliphatic rings. The predicted octanol–water partition coefficient (Wildman–Crippen LogP) is 2.64. The Morgan fingerprint density at radius 3 is 2.50 bits per heavy atom. The van der Waals surface area contributed by atoms with Gasteiger partial charge in [-0.15, -0.1) is 0 Å². The molecule has 1 aromatic carbocycles. The largest absolute Gasteiger partial charge is 0.449 e. The van der Waals surface area contributed by atoms with Gasteiger partial charge in [0.1, 0.15) is 0 Å². The van der Waals surface area contributed by atoms with Crippen LogP contribution < -0.4 is 5.32 Å². The SMILES string of the molecule is Cc1ccc(S(C)(=O)=O)cc1C(=O)O[C@@H](C)C(=O)N[C@@H]1CCCC[C@@H]1C. The predicted molar refractivity (Wildman–Crippen MR) is 98.7 cm³/mol. The summed E-state index contributed by atoms with van der Waals surface area (Å²) in [4.78, 5) is 24.8. The van der Waals surface area contributed by atoms with Crippen molar-refractivity contribution in [3.63, 3.8) is 0 Å². The van der Waals surface area contributed by atoms with Crippen LogP contribution in [0.15, 0.2) is 23.1 Å². The Bertz CT molecular complexity index is 787. The lowest BCUT2D eigenvalue weighted by Gasteiger charge is -2.30. The van der Waals surface area contributed by atoms with E-state index in [-0.39, 0.29) is 22.4 Å². The lowest BCUT2D eigenvalue weighted by Crippen LogP contribution is -2.46. The summed E-state index contributed by atoms with van der Waals surface area (Å²) in [6.07, 6.45) is 4.40. The highest BCUT2D eigenvalue weighted by atomic mass is 32.2. The molecule has 144 valence electrons. The van der Waals surface area contributed by atoms with Crippen molar-refractivity contribution in [2.75, 3.05) is 6.26 Å². The van der Waals surface area contributed by atoms with Crippen molar-refractivity contribution in [3.05, 3.63) is 29.3 Å². The maximum absolute atomic E-state index is 12.4. The molecule has 1 saturated carbocycles. The van der Waals surface area contributed by atoms with Crippen LogP contribution in [-0.2, 0) is 19.4 Å². The number of rotatable bonds is 5. The first-order valence-electron chi connectivity index (χ1n) is 8.91. The molecule has 0 aliphatic heterocycles. The number of esters is 1. The summed E-state index contributed by atoms with van der Waals surface area (Å²) in [5.41, 5.74) is 0.745. The van der Waals surface area contributed by atoms with Crippen molar-refractivity contribution >= 4 is 21.7 Å². The van der Waals surface area contributed by atoms with Crippen LogP contribution in [0.2, 0.25) is 0 Å². The Labute approximate surface area is 155 Å². The Morgan fingerprint density at radius 1 is 1.23 bits per heavy atom. The van der Waals surface area contributed by atoms with E-state index in [1.54, 1.807) is 13.0 Å². The summed E-state index contributed by atoms with van der Waals surface area (Å²) in [5, 5.41) is 2.96. The molecule has 26 heavy (non-hydrogen) atoms. The highest BCUT2D eigenvalue weighted by Gasteiger charge is 2.27. The molecule has 1 N–H and O–H groups in total. The molecule has 0 unspecified atom stereocenters. The molecular formula is C19H27NO5S. The maximum Gasteiger partial charge on any atom is 0.339 e. The Hall–Kier alpha value is -1.89. The first-order chi connectivity index (χ1) is 12.1. The monoisotopic (exact) mass is 381 g/mol. The van der Waals surface area contributed by atoms with Gasteiger partial charge in [-0.2, -0.15) is 0 Å². The average Bonchev–Trinajstić information content (AvgIpc) is 2.56. The number of hydrogen-bond donors (Lipinski definition) is 1. The van der Waals surface area contributed by atoms with Crippen LogP contribution in [-0.4, -0.2) is 38.7 Å². The van der Waals surface area contributed by atoms with Gasteiger partial charge in [0.2, 0.25) is 0 Å². The van der Waals surface area contributed by atoms with Gasteiger partial charge in [0.15, 0.2) is 15.9 Å². The Kier molecular flexibility index (Phi) is 6.44. The molecule has 1 fully saturated rings. The van der Waals surface area contributed by atoms with Crippen LogP contribution in [0.5, 0.6) is 0 Å². The maximum atomic E-state index is 12.4. The van der Waals surface area contributed by atoms with Gasteiger partial charge in [-0.1, -0.05) is 25.8 Å². The van der Waals surface area contributed by atoms with Gasteiger partial charge in [-0.05, 0) is 50.3 Å². The van der Waals surface area contributed by atoms with E-state index in [0.717, 1.165) is 25.5 Å². The zero-order valence-corrected chi connectivity index (χ0v) is 16.6. The summed E-state index contributed by atoms with van der Waals surface area (Å²) < 4.78 is 28.6. The molecule has 0 aromatic heterocycles. The van der Waals surface area contributed by atoms with Crippen molar-refractivity contribution < 1.29 is 22.7 Å². The molecule has 0 heterocycles. The topological polar surface area (TPSA) is 89.5 Å². The van der Waals surface area contributed by atoms with E-state index < -0.39 is 21.9 Å². The second-order valence-corrected chi connectivity index (χ2v) is 9.19. The number of carbonyl (C=O) groups excluding carboxylic acids is 2. The van der Waals surface area contributed by atoms with Crippen LogP contribution in [0, 0.1) is 12.8 Å². The normalized spacial score (nSPS) is 21.7. The summed E-state index contributed by atoms with van der Waals surface area (Å²) in [6, 6.07) is 4.40. The molecule has 6 nitrogen and oxygen atoms in total. The second-order valence-electron chi connectivity index (χ2n) is 7.17. The van der Waals surface area contributed by atoms with Crippen molar-refractivity contribution in [1.29, 1.82) is 0 Å². The van der Waals surface area contributed by atoms with Gasteiger partial charge in [0.05, 0.1) is 10.5 Å². The number of sulfone groups is 1. The number of carbonyl (C=O) groups is 2. The molecular weight excluding hydrogens is 354 g/mol. The van der Waals surface area contributed by atoms with E-state index >= 15 is 0 Å². The second kappa shape index (κ2) is 8.20. The van der Waals surface area contributed by atoms with Crippen molar-refractivity contribution in [1.82, 2.24) is 5.32 Å². The van der Waals surface area contributed by atoms with Gasteiger partial charge in [-0.25, -0.2) is 13.2 Å². The van der Waals surface area contributed by atoms with Crippen molar-refractivity contribution in [3.8, 4) is 0 Å². The first-order valence-corrected chi connectivity index (χ1v) is 10.8. The molecule has 0 spiro atoms. The Morgan fingerprint density at radius 2 is 1.88 bits per heavy atom. The zero-order chi connectivity index (χ0) is 19.5. The molecule has 3 atom stereocenters. The van der Waals surface area contributed by atoms with Gasteiger partial charge >= 0.3 is 5.97 Å². The molecule has 0 bridgehead atoms. The summed E-state index contributed by atoms with van der Waals surface area (Å²) in [5.74, 6) is -0.620. The minimum Gasteiger partial charge on any atom is -0.449 e. The number of nitrogens with one attached hydrogen (secondary N) is 1. The summed E-state index contributed by atoms with van der Waals surface area (Å²) in [6.45, 7) is 5.33. The standard InChI is InChI=1S/C19H27NO5S/c1-12-9-10-15(26(4,23)24)11-16(12)19(22)25-14(3)18(21)20-17-8-6-5-7-13(17)2/h9-11,13-14,17H,5-8H2,1-4H3,(H,20,21)/t13-,14-,17+/m0/s1. The van der Waals surface area contributed by atoms with Crippen LogP contribution in [0.4, 0.5) is 0 Å². The molecule has 7 heteroatoms. The number of ether oxygens (including phenoxy) is 1. The number of aryl methyl sites for hydroxylation is 1. The van der Waals surface area contributed by atoms with Crippen molar-refractivity contribution in [2.45, 2.75) is 63.5 Å². The third-order valence-electron chi connectivity index (χ3n) is 4.95. The van der Waals surface area contributed by atoms with Gasteiger partial charge < -0.3 is 10.1 Å². The van der Waals surface area contributed by atoms with E-state index in [2.05, 4.69) is 12.2 Å². The lowest BCUT2D eigenvalue weighted by molar-refractivity contribution is -0.130. The van der Waals surface area contributed by atoms with Crippen LogP contribution in [0.1, 0.15) is 55.5 Å². The fraction of sp³-hybridized carbons (Fsp3) is 0.579. The third-order valence-corrected chi connectivity index (χ3v) is 6.06. The van der Waals surface area contributed by atoms with Crippen LogP contribution in [0.25, 0.3) is 0 Å². The molecule has 0 radical (unpaired) electrons. The van der Waals surface area contributed by atoms with E-state index in [0.29, 0.717) is 11.5 Å². The highest BCUT2D eigenvalue weighted by molar-refractivity contribution is 7.90. The van der Waals surface area contributed by atoms with E-state index in [1.165, 1.54) is 25.5 Å². The molecule has 1 aromatic rings. The van der Waals surface area contributed by atoms with Gasteiger partial charge in [0, 0.05) is 12.3 Å². The summed E-state index contributed by atoms with van der Waals surface area (Å²) >= 11 is 0. The lowest BCUT2D eigenvalue weighted by atomic mass is 9.86. The van der Waals surface area contributed by atoms with Crippen LogP contribution in [0.3, 0.4) is 0 Å². The third kappa shape index (κ3) is 5.06. The fourth-order valence-electron chi connectivity index (χ4n) is 3.16. The molecule has 2 rings (SSSR count). The number of benzene rings is 1. The molecule has 1 aliphatic carbocycles. The zero-order valence-electron chi connectivity index (χ0n) is 15.7. The van der Waals surface area contributed by atoms with Crippen molar-refractivity contribution in [2.24, 2.45) is 5.92 Å². The van der Waals surface area contributed by atoms with E-state index in [9.17, 15) is 18.0 Å². The van der Waals surface area contributed by atoms with Gasteiger partial charge in [-0.3, -0.25) is 4.79 Å². The number of hydrogen-bond acceptors (Lipinski definition) is 5. The molecule has 1 amide bonds. The quantitative estimate of drug-likeness (QED) is 0.792. The van der Waals surface area contributed by atoms with E-state index in [1.807, 2.05) is 0 Å². The first kappa shape index (κ1) is 20.4. The summed E-state index contributed by atoms with van der Waals surface area (Å²) in [7, 11) is -3.43. The van der Waals surface area contributed by atoms with Crippen LogP contribution >= 0.6 is 0 Å². The molecule has 0 saturated heterocycles. The smallest absolute Gasteiger partial charge is 0.339 e. The minimum atomic E-state index is -3.43. The highest BCUT2D eigenvalue weighted by Crippen LogP contribution is 2.24. The number of amides is 1. The Balaban J connectivity index is 2.05.